The van der Waals surface area contributed by atoms with E-state index in [9.17, 15) is 0 Å². The second-order valence-corrected chi connectivity index (χ2v) is 8.15. The molecule has 0 amide bonds. The number of alkyl halides is 1. The summed E-state index contributed by atoms with van der Waals surface area (Å²) in [7, 11) is 0. The molecule has 30 heavy (non-hydrogen) atoms. The van der Waals surface area contributed by atoms with Gasteiger partial charge in [-0.15, -0.1) is 11.6 Å². The molecule has 164 valence electrons. The van der Waals surface area contributed by atoms with Crippen molar-refractivity contribution in [2.45, 2.75) is 71.5 Å². The molecule has 3 rings (SSSR count). The summed E-state index contributed by atoms with van der Waals surface area (Å²) in [4.78, 5) is 27.2. The van der Waals surface area contributed by atoms with Gasteiger partial charge in [-0.1, -0.05) is 13.3 Å². The first-order valence-electron chi connectivity index (χ1n) is 10.7. The molecule has 3 atom stereocenters. The second-order valence-electron chi connectivity index (χ2n) is 7.88. The Balaban J connectivity index is 1.75. The van der Waals surface area contributed by atoms with Crippen molar-refractivity contribution in [2.75, 3.05) is 29.5 Å². The van der Waals surface area contributed by atoms with Gasteiger partial charge in [0.15, 0.2) is 5.82 Å². The molecular weight excluding hydrogens is 402 g/mol. The van der Waals surface area contributed by atoms with Crippen molar-refractivity contribution in [1.29, 1.82) is 0 Å². The lowest BCUT2D eigenvalue weighted by Crippen LogP contribution is -2.57. The Hall–Kier alpha value is -2.06. The Labute approximate surface area is 184 Å². The van der Waals surface area contributed by atoms with Crippen molar-refractivity contribution in [1.82, 2.24) is 24.9 Å². The Morgan fingerprint density at radius 3 is 2.57 bits per heavy atom. The number of unbranched alkanes of at least 4 members (excludes halogenated alkanes) is 1. The average molecular weight is 434 g/mol. The number of halogens is 1. The van der Waals surface area contributed by atoms with Crippen LogP contribution < -0.4 is 9.80 Å². The fourth-order valence-electron chi connectivity index (χ4n) is 3.84. The molecule has 0 spiro atoms. The van der Waals surface area contributed by atoms with E-state index in [0.29, 0.717) is 17.6 Å². The van der Waals surface area contributed by atoms with Gasteiger partial charge in [-0.05, 0) is 40.2 Å². The first kappa shape index (κ1) is 22.6. The molecule has 0 radical (unpaired) electrons. The molecule has 0 bridgehead atoms. The Bertz CT molecular complexity index is 825. The Morgan fingerprint density at radius 2 is 1.90 bits per heavy atom. The van der Waals surface area contributed by atoms with Gasteiger partial charge in [-0.25, -0.2) is 15.0 Å². The second kappa shape index (κ2) is 10.3. The Morgan fingerprint density at radius 1 is 1.17 bits per heavy atom. The summed E-state index contributed by atoms with van der Waals surface area (Å²) >= 11 is 5.95. The normalized spacial score (nSPS) is 20.5. The molecule has 0 saturated carbocycles. The van der Waals surface area contributed by atoms with E-state index in [4.69, 9.17) is 21.3 Å². The van der Waals surface area contributed by atoms with E-state index in [1.165, 1.54) is 0 Å². The van der Waals surface area contributed by atoms with Gasteiger partial charge in [-0.2, -0.15) is 9.97 Å². The van der Waals surface area contributed by atoms with Crippen LogP contribution in [0.4, 0.5) is 11.8 Å². The number of aromatic nitrogens is 5. The third kappa shape index (κ3) is 5.35. The maximum absolute atomic E-state index is 5.95. The standard InChI is InChI=1S/C21H32ClN7O/c1-6-7-10-30-16(4)20-23-9-8-19(27-20)29-14(2)12-28(13-15(29)3)21-25-17(5)24-18(11-22)26-21/h8-9,14-16H,6-7,10-13H2,1-5H3/t14-,15+,16-/m1/s1. The third-order valence-electron chi connectivity index (χ3n) is 5.26. The lowest BCUT2D eigenvalue weighted by atomic mass is 10.1. The summed E-state index contributed by atoms with van der Waals surface area (Å²) in [6, 6.07) is 2.43. The largest absolute Gasteiger partial charge is 0.371 e. The monoisotopic (exact) mass is 433 g/mol. The molecule has 2 aromatic rings. The van der Waals surface area contributed by atoms with Crippen LogP contribution in [0.5, 0.6) is 0 Å². The van der Waals surface area contributed by atoms with Crippen molar-refractivity contribution >= 4 is 23.4 Å². The number of rotatable bonds is 8. The molecule has 0 aromatic carbocycles. The molecule has 1 saturated heterocycles. The highest BCUT2D eigenvalue weighted by Gasteiger charge is 2.32. The van der Waals surface area contributed by atoms with Gasteiger partial charge in [0.1, 0.15) is 23.6 Å². The van der Waals surface area contributed by atoms with Crippen molar-refractivity contribution < 1.29 is 4.74 Å². The summed E-state index contributed by atoms with van der Waals surface area (Å²) in [5.74, 6) is 3.93. The van der Waals surface area contributed by atoms with Gasteiger partial charge < -0.3 is 14.5 Å². The lowest BCUT2D eigenvalue weighted by Gasteiger charge is -2.45. The number of anilines is 2. The quantitative estimate of drug-likeness (QED) is 0.460. The summed E-state index contributed by atoms with van der Waals surface area (Å²) in [5, 5.41) is 0. The summed E-state index contributed by atoms with van der Waals surface area (Å²) in [6.07, 6.45) is 3.86. The molecule has 3 heterocycles. The van der Waals surface area contributed by atoms with E-state index in [1.54, 1.807) is 0 Å². The number of piperazine rings is 1. The van der Waals surface area contributed by atoms with Gasteiger partial charge in [0, 0.05) is 38.0 Å². The summed E-state index contributed by atoms with van der Waals surface area (Å²) in [6.45, 7) is 12.7. The van der Waals surface area contributed by atoms with Crippen LogP contribution in [0.1, 0.15) is 64.1 Å². The smallest absolute Gasteiger partial charge is 0.229 e. The average Bonchev–Trinajstić information content (AvgIpc) is 2.73. The third-order valence-corrected chi connectivity index (χ3v) is 5.50. The number of hydrogen-bond donors (Lipinski definition) is 0. The molecule has 0 aliphatic carbocycles. The van der Waals surface area contributed by atoms with Crippen LogP contribution in [0.15, 0.2) is 12.3 Å². The zero-order chi connectivity index (χ0) is 21.7. The van der Waals surface area contributed by atoms with E-state index < -0.39 is 0 Å². The van der Waals surface area contributed by atoms with Crippen LogP contribution in [-0.4, -0.2) is 56.7 Å². The Kier molecular flexibility index (Phi) is 7.77. The van der Waals surface area contributed by atoms with E-state index >= 15 is 0 Å². The van der Waals surface area contributed by atoms with Crippen LogP contribution in [0.2, 0.25) is 0 Å². The first-order valence-corrected chi connectivity index (χ1v) is 11.2. The molecule has 1 fully saturated rings. The molecule has 2 aromatic heterocycles. The summed E-state index contributed by atoms with van der Waals surface area (Å²) < 4.78 is 5.89. The minimum atomic E-state index is -0.120. The molecule has 0 N–H and O–H groups in total. The van der Waals surface area contributed by atoms with Gasteiger partial charge in [0.05, 0.1) is 5.88 Å². The minimum Gasteiger partial charge on any atom is -0.371 e. The highest BCUT2D eigenvalue weighted by Crippen LogP contribution is 2.26. The molecule has 9 heteroatoms. The fourth-order valence-corrected chi connectivity index (χ4v) is 3.96. The molecular formula is C21H32ClN7O. The highest BCUT2D eigenvalue weighted by molar-refractivity contribution is 6.16. The van der Waals surface area contributed by atoms with Crippen molar-refractivity contribution in [2.24, 2.45) is 0 Å². The predicted molar refractivity (Wildman–Crippen MR) is 119 cm³/mol. The molecule has 1 aliphatic rings. The van der Waals surface area contributed by atoms with Crippen LogP contribution >= 0.6 is 11.6 Å². The fraction of sp³-hybridized carbons (Fsp3) is 0.667. The minimum absolute atomic E-state index is 0.120. The van der Waals surface area contributed by atoms with E-state index in [0.717, 1.165) is 44.2 Å². The van der Waals surface area contributed by atoms with Gasteiger partial charge in [-0.3, -0.25) is 0 Å². The SMILES string of the molecule is CCCCO[C@H](C)c1nccc(N2[C@H](C)CN(c3nc(C)nc(CCl)n3)C[C@@H]2C)n1. The van der Waals surface area contributed by atoms with E-state index in [2.05, 4.69) is 50.5 Å². The molecule has 8 nitrogen and oxygen atoms in total. The van der Waals surface area contributed by atoms with Crippen molar-refractivity contribution in [3.63, 3.8) is 0 Å². The van der Waals surface area contributed by atoms with Crippen molar-refractivity contribution in [3.8, 4) is 0 Å². The topological polar surface area (TPSA) is 80.2 Å². The van der Waals surface area contributed by atoms with Gasteiger partial charge >= 0.3 is 0 Å². The first-order chi connectivity index (χ1) is 14.4. The summed E-state index contributed by atoms with van der Waals surface area (Å²) in [5.41, 5.74) is 0. The maximum Gasteiger partial charge on any atom is 0.229 e. The van der Waals surface area contributed by atoms with Crippen LogP contribution in [0.25, 0.3) is 0 Å². The zero-order valence-electron chi connectivity index (χ0n) is 18.5. The van der Waals surface area contributed by atoms with Crippen LogP contribution in [0, 0.1) is 6.92 Å². The van der Waals surface area contributed by atoms with Gasteiger partial charge in [0.2, 0.25) is 5.95 Å². The molecule has 1 aliphatic heterocycles. The number of ether oxygens (including phenoxy) is 1. The zero-order valence-corrected chi connectivity index (χ0v) is 19.3. The van der Waals surface area contributed by atoms with E-state index in [-0.39, 0.29) is 24.1 Å². The maximum atomic E-state index is 5.95. The number of aryl methyl sites for hydroxylation is 1. The predicted octanol–water partition coefficient (Wildman–Crippen LogP) is 3.69. The number of hydrogen-bond acceptors (Lipinski definition) is 8. The van der Waals surface area contributed by atoms with E-state index in [1.807, 2.05) is 26.1 Å². The number of nitrogens with zero attached hydrogens (tertiary/aromatic N) is 7. The van der Waals surface area contributed by atoms with Crippen LogP contribution in [0.3, 0.4) is 0 Å². The van der Waals surface area contributed by atoms with Gasteiger partial charge in [0.25, 0.3) is 0 Å². The highest BCUT2D eigenvalue weighted by atomic mass is 35.5. The lowest BCUT2D eigenvalue weighted by molar-refractivity contribution is 0.0578. The van der Waals surface area contributed by atoms with Crippen molar-refractivity contribution in [3.05, 3.63) is 29.7 Å². The molecule has 0 unspecified atom stereocenters. The van der Waals surface area contributed by atoms with Crippen LogP contribution in [-0.2, 0) is 10.6 Å².